The third kappa shape index (κ3) is 11.2. The molecule has 0 spiro atoms. The van der Waals surface area contributed by atoms with E-state index in [0.29, 0.717) is 42.0 Å². The molecule has 0 fully saturated rings. The van der Waals surface area contributed by atoms with Crippen molar-refractivity contribution in [1.29, 1.82) is 0 Å². The molecule has 483 valence electrons. The number of hydrogen-bond donors (Lipinski definition) is 0. The maximum Gasteiger partial charge on any atom is 0.417 e. The number of anilines is 12. The van der Waals surface area contributed by atoms with Crippen molar-refractivity contribution in [2.45, 2.75) is 150 Å². The molecule has 7 aliphatic heterocycles. The molecule has 0 amide bonds. The van der Waals surface area contributed by atoms with Crippen LogP contribution in [0.5, 0.6) is 0 Å². The Morgan fingerprint density at radius 3 is 1.59 bits per heavy atom. The fraction of sp³-hybridized carbons (Fsp3) is 0.295. The number of nitrogens with zero attached hydrogens (tertiary/aromatic N) is 12. The molecule has 0 N–H and O–H groups in total. The molecule has 6 aromatic carbocycles. The Hall–Kier alpha value is -8.98. The second-order valence-corrected chi connectivity index (χ2v) is 27.1. The molecule has 16 heteroatoms. The Morgan fingerprint density at radius 2 is 1.01 bits per heavy atom. The van der Waals surface area contributed by atoms with Gasteiger partial charge in [0.1, 0.15) is 24.3 Å². The summed E-state index contributed by atoms with van der Waals surface area (Å²) >= 11 is 0. The van der Waals surface area contributed by atoms with E-state index in [9.17, 15) is 13.2 Å². The van der Waals surface area contributed by atoms with Crippen molar-refractivity contribution in [3.8, 4) is 11.3 Å². The summed E-state index contributed by atoms with van der Waals surface area (Å²) in [4.78, 5) is 37.0. The average Bonchev–Trinajstić information content (AvgIpc) is 1.58. The summed E-state index contributed by atoms with van der Waals surface area (Å²) < 4.78 is 39.1. The largest absolute Gasteiger partial charge is 0.498 e. The van der Waals surface area contributed by atoms with Gasteiger partial charge < -0.3 is 39.2 Å². The Bertz CT molecular complexity index is 4400. The summed E-state index contributed by atoms with van der Waals surface area (Å²) in [5, 5.41) is 2.52. The van der Waals surface area contributed by atoms with Gasteiger partial charge in [0.05, 0.1) is 28.3 Å². The van der Waals surface area contributed by atoms with Gasteiger partial charge in [-0.15, -0.1) is 18.4 Å². The second kappa shape index (κ2) is 25.1. The summed E-state index contributed by atoms with van der Waals surface area (Å²) in [6.07, 6.45) is 3.97. The summed E-state index contributed by atoms with van der Waals surface area (Å²) in [6, 6.07) is 65.3. The number of aromatic nitrogens is 4. The Labute approximate surface area is 564 Å². The van der Waals surface area contributed by atoms with Crippen molar-refractivity contribution >= 4 is 79.5 Å². The van der Waals surface area contributed by atoms with Crippen molar-refractivity contribution in [2.24, 2.45) is 0 Å². The van der Waals surface area contributed by atoms with E-state index in [1.54, 1.807) is 0 Å². The van der Waals surface area contributed by atoms with Gasteiger partial charge in [0.25, 0.3) is 0 Å². The first kappa shape index (κ1) is 63.8. The topological polar surface area (TPSA) is 77.5 Å². The average molecular weight is 1430 g/mol. The van der Waals surface area contributed by atoms with Crippen LogP contribution in [0.15, 0.2) is 195 Å². The number of fused-ring (bicyclic) bond motifs is 18. The smallest absolute Gasteiger partial charge is 0.417 e. The Kier molecular flexibility index (Phi) is 17.0. The number of hydrogen-bond acceptors (Lipinski definition) is 12. The minimum Gasteiger partial charge on any atom is -0.498 e. The third-order valence-corrected chi connectivity index (χ3v) is 18.8. The molecule has 3 unspecified atom stereocenters. The van der Waals surface area contributed by atoms with Crippen molar-refractivity contribution < 1.29 is 33.3 Å². The van der Waals surface area contributed by atoms with Crippen LogP contribution >= 0.6 is 0 Å². The van der Waals surface area contributed by atoms with Crippen LogP contribution in [0.2, 0.25) is 0 Å². The van der Waals surface area contributed by atoms with E-state index in [2.05, 4.69) is 259 Å². The van der Waals surface area contributed by atoms with Crippen molar-refractivity contribution in [1.82, 2.24) is 19.9 Å². The van der Waals surface area contributed by atoms with Crippen molar-refractivity contribution in [2.75, 3.05) is 39.2 Å². The zero-order chi connectivity index (χ0) is 64.8. The van der Waals surface area contributed by atoms with Gasteiger partial charge in [-0.1, -0.05) is 135 Å². The standard InChI is InChI=1S/C22H21N3.C20H19N3.C19H23N3.C17H16F3N3.Ir/c1-15(2)24-20-13-12-18(16-8-4-3-5-9-16)23-22(20)25-19-11-7-6-10-17(19)14-21(24)25;1-13(2)22-18-11-14-7-4-6-10-17(14)23(18)20-19(22)16-9-5-3-8-15(16)12-21-20;1-14(2)21-13-22(18-17(21)7-6-12-20-18)16-10-8-15(9-11-16)19(3,4)5;1-10(2)22-14-8-12(17(18,19)20)9-21-16(14)23-13-6-4-3-5-11(13)7-15(22)23;/h3-13,15,21H,14H2,1-2H3;3-10,12-13,18H,11H2,1-2H3;6-10,12-14H,1-5H3;3-6,8-10,15H,7H2,1-2H3;/q;;-2;;. The second-order valence-electron chi connectivity index (χ2n) is 27.1. The van der Waals surface area contributed by atoms with Crippen LogP contribution in [0.1, 0.15) is 104 Å². The van der Waals surface area contributed by atoms with Crippen molar-refractivity contribution in [3.63, 3.8) is 0 Å². The molecular weight excluding hydrogens is 1350 g/mol. The van der Waals surface area contributed by atoms with Gasteiger partial charge in [0.2, 0.25) is 0 Å². The molecular formula is C78H79F3IrN12-2. The number of pyridine rings is 4. The third-order valence-electron chi connectivity index (χ3n) is 18.8. The number of benzene rings is 6. The molecule has 0 saturated heterocycles. The van der Waals surface area contributed by atoms with Gasteiger partial charge in [0, 0.05) is 115 Å². The van der Waals surface area contributed by atoms with Gasteiger partial charge in [-0.2, -0.15) is 36.9 Å². The molecule has 11 heterocycles. The first-order chi connectivity index (χ1) is 44.7. The Morgan fingerprint density at radius 1 is 0.479 bits per heavy atom. The first-order valence-electron chi connectivity index (χ1n) is 32.6. The number of halogens is 3. The normalized spacial score (nSPS) is 17.3. The fourth-order valence-electron chi connectivity index (χ4n) is 14.6. The maximum absolute atomic E-state index is 13.0. The van der Waals surface area contributed by atoms with Crippen LogP contribution in [-0.2, 0) is 51.0 Å². The molecule has 17 rings (SSSR count). The summed E-state index contributed by atoms with van der Waals surface area (Å²) in [5.74, 6) is 3.77. The monoisotopic (exact) mass is 1430 g/mol. The van der Waals surface area contributed by atoms with Crippen LogP contribution in [0.4, 0.5) is 81.9 Å². The molecule has 94 heavy (non-hydrogen) atoms. The molecule has 3 atom stereocenters. The molecule has 1 radical (unpaired) electrons. The molecule has 10 aromatic rings. The van der Waals surface area contributed by atoms with E-state index in [-0.39, 0.29) is 37.7 Å². The van der Waals surface area contributed by atoms with Crippen LogP contribution in [0.25, 0.3) is 22.0 Å². The van der Waals surface area contributed by atoms with Crippen LogP contribution in [0.3, 0.4) is 0 Å². The Balaban J connectivity index is 0.000000114. The summed E-state index contributed by atoms with van der Waals surface area (Å²) in [7, 11) is 0. The quantitative estimate of drug-likeness (QED) is 0.149. The van der Waals surface area contributed by atoms with E-state index in [1.165, 1.54) is 61.8 Å². The molecule has 0 bridgehead atoms. The van der Waals surface area contributed by atoms with E-state index in [1.807, 2.05) is 61.5 Å². The zero-order valence-corrected chi connectivity index (χ0v) is 57.4. The van der Waals surface area contributed by atoms with Crippen molar-refractivity contribution in [3.05, 3.63) is 235 Å². The van der Waals surface area contributed by atoms with Gasteiger partial charge in [0.15, 0.2) is 17.5 Å². The molecule has 12 nitrogen and oxygen atoms in total. The molecule has 0 aliphatic carbocycles. The maximum atomic E-state index is 13.0. The number of rotatable bonds is 6. The molecule has 4 aromatic heterocycles. The van der Waals surface area contributed by atoms with Gasteiger partial charge >= 0.3 is 6.18 Å². The van der Waals surface area contributed by atoms with Gasteiger partial charge in [-0.05, 0) is 127 Å². The minimum absolute atomic E-state index is 0. The van der Waals surface area contributed by atoms with E-state index in [4.69, 9.17) is 9.97 Å². The first-order valence-corrected chi connectivity index (χ1v) is 32.6. The van der Waals surface area contributed by atoms with E-state index < -0.39 is 11.7 Å². The van der Waals surface area contributed by atoms with Crippen LogP contribution in [-0.4, -0.2) is 62.6 Å². The number of alkyl halides is 3. The SMILES string of the molecule is CC(C)N1[CH-]N(c2[c-]cc(C(C)(C)C)cc2)c2ncccc21.CC(C)N1c2c(ncc3ccccc23)N2c3ccccc3CC21.CC(C)N1c2cc(C(F)(F)F)cnc2N2c3ccccc3CC21.CC(C)N1c2ccc(-c3ccccc3)nc2N2c3ccccc3CC21.[Ir]. The number of para-hydroxylation sites is 3. The predicted molar refractivity (Wildman–Crippen MR) is 374 cm³/mol. The molecule has 7 aliphatic rings. The predicted octanol–water partition coefficient (Wildman–Crippen LogP) is 18.5. The van der Waals surface area contributed by atoms with Gasteiger partial charge in [-0.25, -0.2) is 19.9 Å². The van der Waals surface area contributed by atoms with Gasteiger partial charge in [-0.3, -0.25) is 0 Å². The zero-order valence-electron chi connectivity index (χ0n) is 55.0. The van der Waals surface area contributed by atoms with E-state index in [0.717, 1.165) is 71.2 Å². The van der Waals surface area contributed by atoms with E-state index >= 15 is 0 Å². The minimum atomic E-state index is -4.38. The molecule has 0 saturated carbocycles. The van der Waals surface area contributed by atoms with Crippen LogP contribution in [0, 0.1) is 12.7 Å². The summed E-state index contributed by atoms with van der Waals surface area (Å²) in [6.45, 7) is 26.2. The summed E-state index contributed by atoms with van der Waals surface area (Å²) in [5.41, 5.74) is 15.9. The fourth-order valence-corrected chi connectivity index (χ4v) is 14.6. The van der Waals surface area contributed by atoms with Crippen LogP contribution < -0.4 is 39.2 Å².